The van der Waals surface area contributed by atoms with Crippen LogP contribution in [0, 0.1) is 0 Å². The molecule has 0 spiro atoms. The van der Waals surface area contributed by atoms with Crippen molar-refractivity contribution in [2.45, 2.75) is 0 Å². The van der Waals surface area contributed by atoms with Gasteiger partial charge in [-0.25, -0.2) is 15.0 Å². The minimum atomic E-state index is 0.607. The second-order valence-electron chi connectivity index (χ2n) is 14.4. The molecule has 0 aliphatic rings. The summed E-state index contributed by atoms with van der Waals surface area (Å²) in [6.07, 6.45) is 0. The van der Waals surface area contributed by atoms with Crippen LogP contribution in [0.5, 0.6) is 0 Å². The van der Waals surface area contributed by atoms with Crippen LogP contribution in [-0.2, 0) is 0 Å². The first-order valence-corrected chi connectivity index (χ1v) is 19.1. The molecule has 0 aliphatic carbocycles. The Kier molecular flexibility index (Phi) is 6.83. The molecule has 0 unspecified atom stereocenters. The Balaban J connectivity index is 1.15. The van der Waals surface area contributed by atoms with Gasteiger partial charge in [-0.3, -0.25) is 0 Å². The van der Waals surface area contributed by atoms with Crippen LogP contribution in [0.4, 0.5) is 0 Å². The molecule has 0 atom stereocenters. The summed E-state index contributed by atoms with van der Waals surface area (Å²) in [4.78, 5) is 15.1. The lowest BCUT2D eigenvalue weighted by Crippen LogP contribution is -2.01. The van der Waals surface area contributed by atoms with Gasteiger partial charge >= 0.3 is 0 Å². The molecule has 0 bridgehead atoms. The molecular weight excluding hydrogens is 699 g/mol. The summed E-state index contributed by atoms with van der Waals surface area (Å²) in [5.41, 5.74) is 11.1. The number of hydrogen-bond acceptors (Lipinski definition) is 4. The van der Waals surface area contributed by atoms with E-state index in [0.717, 1.165) is 71.8 Å². The van der Waals surface area contributed by atoms with E-state index in [1.807, 2.05) is 72.8 Å². The lowest BCUT2D eigenvalue weighted by Gasteiger charge is -2.13. The third kappa shape index (κ3) is 4.87. The van der Waals surface area contributed by atoms with Gasteiger partial charge in [-0.15, -0.1) is 0 Å². The second kappa shape index (κ2) is 12.3. The zero-order valence-corrected chi connectivity index (χ0v) is 30.5. The van der Waals surface area contributed by atoms with Gasteiger partial charge in [0.2, 0.25) is 0 Å². The van der Waals surface area contributed by atoms with Crippen molar-refractivity contribution >= 4 is 65.6 Å². The lowest BCUT2D eigenvalue weighted by molar-refractivity contribution is 0.669. The first-order valence-electron chi connectivity index (χ1n) is 19.1. The Labute approximate surface area is 326 Å². The van der Waals surface area contributed by atoms with E-state index in [4.69, 9.17) is 19.4 Å². The van der Waals surface area contributed by atoms with Crippen molar-refractivity contribution in [1.29, 1.82) is 0 Å². The van der Waals surface area contributed by atoms with Crippen molar-refractivity contribution in [3.8, 4) is 45.5 Å². The van der Waals surface area contributed by atoms with Crippen LogP contribution in [0.1, 0.15) is 0 Å². The highest BCUT2D eigenvalue weighted by atomic mass is 16.3. The lowest BCUT2D eigenvalue weighted by atomic mass is 10.1. The van der Waals surface area contributed by atoms with Crippen LogP contribution < -0.4 is 0 Å². The van der Waals surface area contributed by atoms with E-state index in [0.29, 0.717) is 17.5 Å². The van der Waals surface area contributed by atoms with E-state index in [1.165, 1.54) is 21.8 Å². The topological polar surface area (TPSA) is 61.7 Å². The normalized spacial score (nSPS) is 11.9. The molecule has 0 fully saturated rings. The number of hydrogen-bond donors (Lipinski definition) is 0. The minimum absolute atomic E-state index is 0.607. The summed E-state index contributed by atoms with van der Waals surface area (Å²) >= 11 is 0. The number of nitrogens with zero attached hydrogens (tertiary/aromatic N) is 5. The van der Waals surface area contributed by atoms with E-state index >= 15 is 0 Å². The maximum absolute atomic E-state index is 6.49. The number of para-hydroxylation sites is 3. The SMILES string of the molecule is c1ccc(-c2nc(-c3ccccc3)nc(-c3cccc(-n4c5cc(-n6c7ccccc7c7ccccc76)ccc5c5ccc6oc7ccccc7c6c54)c3)n2)cc1. The molecule has 0 N–H and O–H groups in total. The Morgan fingerprint density at radius 1 is 0.333 bits per heavy atom. The van der Waals surface area contributed by atoms with Crippen molar-refractivity contribution in [2.75, 3.05) is 0 Å². The Hall–Kier alpha value is -7.83. The quantitative estimate of drug-likeness (QED) is 0.177. The number of furan rings is 1. The summed E-state index contributed by atoms with van der Waals surface area (Å²) in [6, 6.07) is 65.6. The van der Waals surface area contributed by atoms with Crippen LogP contribution >= 0.6 is 0 Å². The summed E-state index contributed by atoms with van der Waals surface area (Å²) in [6.45, 7) is 0. The highest BCUT2D eigenvalue weighted by Gasteiger charge is 2.21. The Morgan fingerprint density at radius 3 is 1.54 bits per heavy atom. The van der Waals surface area contributed by atoms with Crippen LogP contribution in [0.25, 0.3) is 111 Å². The van der Waals surface area contributed by atoms with E-state index in [1.54, 1.807) is 0 Å². The number of aromatic nitrogens is 5. The van der Waals surface area contributed by atoms with Crippen LogP contribution in [-0.4, -0.2) is 24.1 Å². The molecule has 57 heavy (non-hydrogen) atoms. The van der Waals surface area contributed by atoms with Gasteiger partial charge in [0, 0.05) is 55.0 Å². The summed E-state index contributed by atoms with van der Waals surface area (Å²) < 4.78 is 11.3. The second-order valence-corrected chi connectivity index (χ2v) is 14.4. The molecule has 12 aromatic rings. The van der Waals surface area contributed by atoms with Gasteiger partial charge in [-0.1, -0.05) is 133 Å². The Morgan fingerprint density at radius 2 is 0.860 bits per heavy atom. The summed E-state index contributed by atoms with van der Waals surface area (Å²) in [5, 5.41) is 6.94. The summed E-state index contributed by atoms with van der Waals surface area (Å²) in [7, 11) is 0. The molecule has 0 aliphatic heterocycles. The van der Waals surface area contributed by atoms with Gasteiger partial charge in [0.1, 0.15) is 11.2 Å². The van der Waals surface area contributed by atoms with E-state index in [9.17, 15) is 0 Å². The number of fused-ring (bicyclic) bond motifs is 10. The molecular formula is C51H31N5O. The molecule has 6 heteroatoms. The van der Waals surface area contributed by atoms with E-state index in [2.05, 4.69) is 124 Å². The predicted molar refractivity (Wildman–Crippen MR) is 232 cm³/mol. The van der Waals surface area contributed by atoms with Crippen LogP contribution in [0.2, 0.25) is 0 Å². The van der Waals surface area contributed by atoms with Crippen molar-refractivity contribution in [3.05, 3.63) is 188 Å². The van der Waals surface area contributed by atoms with Gasteiger partial charge in [0.05, 0.1) is 27.5 Å². The molecule has 4 aromatic heterocycles. The molecule has 0 saturated heterocycles. The van der Waals surface area contributed by atoms with Crippen molar-refractivity contribution < 1.29 is 4.42 Å². The van der Waals surface area contributed by atoms with Crippen molar-refractivity contribution in [3.63, 3.8) is 0 Å². The fraction of sp³-hybridized carbons (Fsp3) is 0. The van der Waals surface area contributed by atoms with Gasteiger partial charge in [0.25, 0.3) is 0 Å². The molecule has 266 valence electrons. The highest BCUT2D eigenvalue weighted by molar-refractivity contribution is 6.24. The first-order chi connectivity index (χ1) is 28.3. The molecule has 0 amide bonds. The molecule has 12 rings (SSSR count). The Bertz CT molecular complexity index is 3410. The fourth-order valence-corrected chi connectivity index (χ4v) is 8.63. The number of benzene rings is 8. The monoisotopic (exact) mass is 729 g/mol. The van der Waals surface area contributed by atoms with Crippen LogP contribution in [0.15, 0.2) is 192 Å². The molecule has 0 radical (unpaired) electrons. The fourth-order valence-electron chi connectivity index (χ4n) is 8.63. The smallest absolute Gasteiger partial charge is 0.164 e. The zero-order chi connectivity index (χ0) is 37.5. The van der Waals surface area contributed by atoms with Gasteiger partial charge in [0.15, 0.2) is 17.5 Å². The van der Waals surface area contributed by atoms with Gasteiger partial charge < -0.3 is 13.6 Å². The third-order valence-electron chi connectivity index (χ3n) is 11.2. The average Bonchev–Trinajstić information content (AvgIpc) is 3.94. The maximum Gasteiger partial charge on any atom is 0.164 e. The average molecular weight is 730 g/mol. The number of rotatable bonds is 5. The standard InChI is InChI=1S/C51H31N5O/c1-3-14-32(15-4-1)49-52-50(33-16-5-2-6-17-33)54-51(53-49)34-18-13-19-35(30-34)56-44-31-36(55-42-23-10-7-20-37(42)38-21-8-11-24-43(38)55)26-27-39(44)40-28-29-46-47(48(40)56)41-22-9-12-25-45(41)57-46/h1-31H. The van der Waals surface area contributed by atoms with Crippen LogP contribution in [0.3, 0.4) is 0 Å². The zero-order valence-electron chi connectivity index (χ0n) is 30.5. The molecule has 0 saturated carbocycles. The first kappa shape index (κ1) is 31.5. The molecule has 4 heterocycles. The largest absolute Gasteiger partial charge is 0.456 e. The third-order valence-corrected chi connectivity index (χ3v) is 11.2. The van der Waals surface area contributed by atoms with Crippen molar-refractivity contribution in [2.24, 2.45) is 0 Å². The van der Waals surface area contributed by atoms with Gasteiger partial charge in [-0.2, -0.15) is 0 Å². The predicted octanol–water partition coefficient (Wildman–Crippen LogP) is 13.0. The molecule has 6 nitrogen and oxygen atoms in total. The summed E-state index contributed by atoms with van der Waals surface area (Å²) in [5.74, 6) is 1.86. The highest BCUT2D eigenvalue weighted by Crippen LogP contribution is 2.42. The maximum atomic E-state index is 6.49. The van der Waals surface area contributed by atoms with Gasteiger partial charge in [-0.05, 0) is 54.6 Å². The van der Waals surface area contributed by atoms with E-state index in [-0.39, 0.29) is 0 Å². The molecule has 8 aromatic carbocycles. The minimum Gasteiger partial charge on any atom is -0.456 e. The van der Waals surface area contributed by atoms with E-state index < -0.39 is 0 Å². The van der Waals surface area contributed by atoms with Crippen molar-refractivity contribution in [1.82, 2.24) is 24.1 Å².